The zero-order valence-corrected chi connectivity index (χ0v) is 16.4. The van der Waals surface area contributed by atoms with Crippen LogP contribution in [0, 0.1) is 18.8 Å². The van der Waals surface area contributed by atoms with Crippen molar-refractivity contribution in [2.75, 3.05) is 24.5 Å². The van der Waals surface area contributed by atoms with E-state index in [4.69, 9.17) is 0 Å². The van der Waals surface area contributed by atoms with Crippen LogP contribution in [0.1, 0.15) is 38.2 Å². The molecule has 2 aliphatic heterocycles. The van der Waals surface area contributed by atoms with E-state index in [2.05, 4.69) is 17.6 Å². The summed E-state index contributed by atoms with van der Waals surface area (Å²) in [5.41, 5.74) is 2.48. The predicted molar refractivity (Wildman–Crippen MR) is 109 cm³/mol. The molecule has 0 bridgehead atoms. The number of hydrogen-bond donors (Lipinski definition) is 0. The third-order valence-electron chi connectivity index (χ3n) is 5.64. The number of piperidine rings is 1. The second kappa shape index (κ2) is 8.51. The van der Waals surface area contributed by atoms with E-state index in [1.54, 1.807) is 6.21 Å². The van der Waals surface area contributed by atoms with Crippen molar-refractivity contribution in [2.24, 2.45) is 16.8 Å². The van der Waals surface area contributed by atoms with Gasteiger partial charge in [-0.3, -0.25) is 14.6 Å². The predicted octanol–water partition coefficient (Wildman–Crippen LogP) is 3.58. The topological polar surface area (TPSA) is 53.0 Å². The Morgan fingerprint density at radius 3 is 2.70 bits per heavy atom. The molecular formula is C22H29N3O2. The van der Waals surface area contributed by atoms with Crippen molar-refractivity contribution in [3.8, 4) is 0 Å². The summed E-state index contributed by atoms with van der Waals surface area (Å²) in [6, 6.07) is 8.14. The lowest BCUT2D eigenvalue weighted by Gasteiger charge is -2.34. The second-order valence-corrected chi connectivity index (χ2v) is 7.60. The normalized spacial score (nSPS) is 21.3. The fraction of sp³-hybridized carbons (Fsp3) is 0.500. The van der Waals surface area contributed by atoms with Gasteiger partial charge in [-0.2, -0.15) is 0 Å². The van der Waals surface area contributed by atoms with Crippen molar-refractivity contribution in [2.45, 2.75) is 39.5 Å². The molecule has 0 radical (unpaired) electrons. The highest BCUT2D eigenvalue weighted by Gasteiger charge is 2.37. The summed E-state index contributed by atoms with van der Waals surface area (Å²) in [4.78, 5) is 32.8. The molecule has 27 heavy (non-hydrogen) atoms. The first kappa shape index (κ1) is 19.3. The molecule has 3 rings (SSSR count). The van der Waals surface area contributed by atoms with Crippen LogP contribution in [0.3, 0.4) is 0 Å². The monoisotopic (exact) mass is 367 g/mol. The minimum atomic E-state index is -0.0676. The highest BCUT2D eigenvalue weighted by molar-refractivity contribution is 5.96. The molecule has 0 aliphatic carbocycles. The molecule has 1 atom stereocenters. The Kier molecular flexibility index (Phi) is 6.09. The van der Waals surface area contributed by atoms with Gasteiger partial charge < -0.3 is 9.80 Å². The number of nitrogens with zero attached hydrogens (tertiary/aromatic N) is 3. The molecule has 5 nitrogen and oxygen atoms in total. The Morgan fingerprint density at radius 2 is 2.04 bits per heavy atom. The molecule has 1 aromatic carbocycles. The van der Waals surface area contributed by atoms with Gasteiger partial charge in [0.15, 0.2) is 0 Å². The van der Waals surface area contributed by atoms with E-state index in [1.807, 2.05) is 41.8 Å². The number of rotatable bonds is 5. The van der Waals surface area contributed by atoms with E-state index < -0.39 is 0 Å². The van der Waals surface area contributed by atoms with Gasteiger partial charge in [-0.1, -0.05) is 25.6 Å². The molecule has 144 valence electrons. The number of aryl methyl sites for hydroxylation is 1. The van der Waals surface area contributed by atoms with Gasteiger partial charge in [0.05, 0.1) is 0 Å². The summed E-state index contributed by atoms with van der Waals surface area (Å²) >= 11 is 0. The molecule has 1 aromatic rings. The summed E-state index contributed by atoms with van der Waals surface area (Å²) in [5.74, 6) is 1.00. The third kappa shape index (κ3) is 4.46. The minimum absolute atomic E-state index is 0.0676. The molecule has 1 unspecified atom stereocenters. The molecule has 0 saturated carbocycles. The number of anilines is 1. The van der Waals surface area contributed by atoms with Crippen molar-refractivity contribution in [3.63, 3.8) is 0 Å². The number of carbonyl (C=O) groups excluding carboxylic acids is 2. The molecule has 0 spiro atoms. The van der Waals surface area contributed by atoms with Crippen molar-refractivity contribution < 1.29 is 9.59 Å². The Morgan fingerprint density at radius 1 is 1.30 bits per heavy atom. The standard InChI is InChI=1S/C22H29N3O2/c1-4-10-23-17(3)22(27)24-11-8-18(9-12-24)19-14-21(26)25(15-19)20-7-5-6-16(2)13-20/h5-7,10,13,18-19H,3-4,8-9,11-12,14-15H2,1-2H3. The van der Waals surface area contributed by atoms with Gasteiger partial charge >= 0.3 is 0 Å². The van der Waals surface area contributed by atoms with Gasteiger partial charge in [0, 0.05) is 38.0 Å². The average Bonchev–Trinajstić information content (AvgIpc) is 3.07. The SMILES string of the molecule is C=C(N=CCC)C(=O)N1CCC(C2CC(=O)N(c3cccc(C)c3)C2)CC1. The zero-order valence-electron chi connectivity index (χ0n) is 16.4. The summed E-state index contributed by atoms with van der Waals surface area (Å²) in [6.45, 7) is 10.0. The fourth-order valence-electron chi connectivity index (χ4n) is 4.11. The van der Waals surface area contributed by atoms with E-state index in [1.165, 1.54) is 5.56 Å². The Bertz CT molecular complexity index is 748. The van der Waals surface area contributed by atoms with E-state index in [0.29, 0.717) is 24.0 Å². The van der Waals surface area contributed by atoms with Crippen LogP contribution in [0.2, 0.25) is 0 Å². The average molecular weight is 367 g/mol. The van der Waals surface area contributed by atoms with Crippen LogP contribution in [0.4, 0.5) is 5.69 Å². The lowest BCUT2D eigenvalue weighted by molar-refractivity contribution is -0.128. The van der Waals surface area contributed by atoms with Crippen LogP contribution in [0.25, 0.3) is 0 Å². The van der Waals surface area contributed by atoms with Crippen LogP contribution in [0.15, 0.2) is 41.5 Å². The van der Waals surface area contributed by atoms with Gasteiger partial charge in [-0.15, -0.1) is 0 Å². The van der Waals surface area contributed by atoms with Crippen molar-refractivity contribution in [1.82, 2.24) is 4.90 Å². The summed E-state index contributed by atoms with van der Waals surface area (Å²) < 4.78 is 0. The molecule has 2 heterocycles. The minimum Gasteiger partial charge on any atom is -0.337 e. The van der Waals surface area contributed by atoms with E-state index >= 15 is 0 Å². The first-order valence-corrected chi connectivity index (χ1v) is 9.87. The molecule has 2 fully saturated rings. The quantitative estimate of drug-likeness (QED) is 0.590. The number of likely N-dealkylation sites (tertiary alicyclic amines) is 1. The maximum absolute atomic E-state index is 12.5. The number of carbonyl (C=O) groups is 2. The Labute approximate surface area is 161 Å². The summed E-state index contributed by atoms with van der Waals surface area (Å²) in [6.07, 6.45) is 5.00. The van der Waals surface area contributed by atoms with E-state index in [-0.39, 0.29) is 11.8 Å². The van der Waals surface area contributed by atoms with Crippen LogP contribution in [0.5, 0.6) is 0 Å². The molecule has 0 aromatic heterocycles. The Balaban J connectivity index is 1.56. The largest absolute Gasteiger partial charge is 0.337 e. The van der Waals surface area contributed by atoms with Crippen LogP contribution < -0.4 is 4.90 Å². The number of hydrogen-bond acceptors (Lipinski definition) is 3. The molecule has 5 heteroatoms. The maximum atomic E-state index is 12.5. The van der Waals surface area contributed by atoms with E-state index in [0.717, 1.165) is 44.6 Å². The molecule has 2 aliphatic rings. The number of benzene rings is 1. The lowest BCUT2D eigenvalue weighted by atomic mass is 9.83. The molecule has 2 saturated heterocycles. The number of amides is 2. The molecular weight excluding hydrogens is 338 g/mol. The van der Waals surface area contributed by atoms with Crippen molar-refractivity contribution >= 4 is 23.7 Å². The van der Waals surface area contributed by atoms with Gasteiger partial charge in [-0.25, -0.2) is 0 Å². The maximum Gasteiger partial charge on any atom is 0.271 e. The van der Waals surface area contributed by atoms with Crippen molar-refractivity contribution in [3.05, 3.63) is 42.1 Å². The van der Waals surface area contributed by atoms with Gasteiger partial charge in [0.2, 0.25) is 5.91 Å². The Hall–Kier alpha value is -2.43. The molecule has 2 amide bonds. The summed E-state index contributed by atoms with van der Waals surface area (Å²) in [5, 5.41) is 0. The first-order chi connectivity index (χ1) is 13.0. The highest BCUT2D eigenvalue weighted by atomic mass is 16.2. The van der Waals surface area contributed by atoms with Crippen LogP contribution in [-0.2, 0) is 9.59 Å². The van der Waals surface area contributed by atoms with Gasteiger partial charge in [0.25, 0.3) is 5.91 Å². The molecule has 0 N–H and O–H groups in total. The second-order valence-electron chi connectivity index (χ2n) is 7.60. The highest BCUT2D eigenvalue weighted by Crippen LogP contribution is 2.35. The first-order valence-electron chi connectivity index (χ1n) is 9.87. The number of aliphatic imine (C=N–C) groups is 1. The summed E-state index contributed by atoms with van der Waals surface area (Å²) in [7, 11) is 0. The fourth-order valence-corrected chi connectivity index (χ4v) is 4.11. The van der Waals surface area contributed by atoms with Gasteiger partial charge in [-0.05, 0) is 55.7 Å². The zero-order chi connectivity index (χ0) is 19.4. The van der Waals surface area contributed by atoms with E-state index in [9.17, 15) is 9.59 Å². The lowest BCUT2D eigenvalue weighted by Crippen LogP contribution is -2.40. The van der Waals surface area contributed by atoms with Crippen molar-refractivity contribution in [1.29, 1.82) is 0 Å². The third-order valence-corrected chi connectivity index (χ3v) is 5.64. The van der Waals surface area contributed by atoms with Crippen LogP contribution >= 0.6 is 0 Å². The smallest absolute Gasteiger partial charge is 0.271 e. The van der Waals surface area contributed by atoms with Gasteiger partial charge in [0.1, 0.15) is 5.70 Å². The van der Waals surface area contributed by atoms with Crippen LogP contribution in [-0.4, -0.2) is 42.6 Å².